The maximum atomic E-state index is 12.4. The van der Waals surface area contributed by atoms with E-state index in [0.29, 0.717) is 42.5 Å². The lowest BCUT2D eigenvalue weighted by molar-refractivity contribution is 0.242. The number of nitrogens with zero attached hydrogens (tertiary/aromatic N) is 1. The monoisotopic (exact) mass is 438 g/mol. The fourth-order valence-electron chi connectivity index (χ4n) is 3.68. The predicted molar refractivity (Wildman–Crippen MR) is 116 cm³/mol. The molecule has 10 heteroatoms. The molecule has 1 aromatic carbocycles. The average molecular weight is 439 g/mol. The minimum Gasteiger partial charge on any atom is -0.408 e. The second kappa shape index (κ2) is 8.81. The van der Waals surface area contributed by atoms with Gasteiger partial charge in [-0.2, -0.15) is 0 Å². The van der Waals surface area contributed by atoms with Crippen molar-refractivity contribution in [3.05, 3.63) is 28.7 Å². The SMILES string of the molecule is CC(C)n1c(=O)oc2cc(NC(=O)N[C@H]3CC[C@H](NS(=O)(=O)C(C)C)CC3)ccc21. The van der Waals surface area contributed by atoms with Crippen LogP contribution in [0.3, 0.4) is 0 Å². The summed E-state index contributed by atoms with van der Waals surface area (Å²) in [4.78, 5) is 24.3. The van der Waals surface area contributed by atoms with Gasteiger partial charge in [0.15, 0.2) is 5.58 Å². The van der Waals surface area contributed by atoms with Crippen LogP contribution in [-0.2, 0) is 10.0 Å². The molecule has 0 bridgehead atoms. The molecule has 1 aliphatic carbocycles. The molecule has 1 fully saturated rings. The molecule has 1 aromatic heterocycles. The molecule has 0 saturated heterocycles. The molecule has 1 heterocycles. The van der Waals surface area contributed by atoms with Crippen molar-refractivity contribution in [1.29, 1.82) is 0 Å². The van der Waals surface area contributed by atoms with Crippen LogP contribution in [0.5, 0.6) is 0 Å². The number of amides is 2. The number of sulfonamides is 1. The topological polar surface area (TPSA) is 122 Å². The number of oxazole rings is 1. The van der Waals surface area contributed by atoms with Gasteiger partial charge in [0.2, 0.25) is 10.0 Å². The summed E-state index contributed by atoms with van der Waals surface area (Å²) in [7, 11) is -3.29. The third-order valence-corrected chi connectivity index (χ3v) is 7.30. The Hall–Kier alpha value is -2.33. The van der Waals surface area contributed by atoms with Crippen LogP contribution in [0.4, 0.5) is 10.5 Å². The number of carbonyl (C=O) groups excluding carboxylic acids is 1. The minimum absolute atomic E-state index is 0.0199. The van der Waals surface area contributed by atoms with Crippen LogP contribution in [0.1, 0.15) is 59.4 Å². The van der Waals surface area contributed by atoms with Crippen LogP contribution >= 0.6 is 0 Å². The Bertz CT molecular complexity index is 1060. The first-order valence-corrected chi connectivity index (χ1v) is 11.8. The number of hydrogen-bond donors (Lipinski definition) is 3. The van der Waals surface area contributed by atoms with Gasteiger partial charge in [0.05, 0.1) is 10.8 Å². The number of nitrogens with one attached hydrogen (secondary N) is 3. The molecule has 3 N–H and O–H groups in total. The van der Waals surface area contributed by atoms with E-state index in [9.17, 15) is 18.0 Å². The second-order valence-corrected chi connectivity index (χ2v) is 10.6. The van der Waals surface area contributed by atoms with Crippen molar-refractivity contribution in [3.63, 3.8) is 0 Å². The molecular formula is C20H30N4O5S. The fourth-order valence-corrected chi connectivity index (χ4v) is 4.65. The zero-order valence-electron chi connectivity index (χ0n) is 17.8. The standard InChI is InChI=1S/C20H30N4O5S/c1-12(2)24-17-10-9-16(11-18(17)29-20(24)26)22-19(25)21-14-5-7-15(8-6-14)23-30(27,28)13(3)4/h9-15,23H,5-8H2,1-4H3,(H2,21,22,25)/t14-,15-. The lowest BCUT2D eigenvalue weighted by Crippen LogP contribution is -2.46. The zero-order chi connectivity index (χ0) is 22.1. The summed E-state index contributed by atoms with van der Waals surface area (Å²) < 4.78 is 33.6. The van der Waals surface area contributed by atoms with Crippen LogP contribution in [0.15, 0.2) is 27.4 Å². The lowest BCUT2D eigenvalue weighted by atomic mass is 9.92. The Morgan fingerprint density at radius 2 is 1.73 bits per heavy atom. The Balaban J connectivity index is 1.55. The van der Waals surface area contributed by atoms with Crippen molar-refractivity contribution in [3.8, 4) is 0 Å². The molecule has 1 saturated carbocycles. The van der Waals surface area contributed by atoms with E-state index in [4.69, 9.17) is 4.42 Å². The number of anilines is 1. The van der Waals surface area contributed by atoms with E-state index < -0.39 is 21.0 Å². The highest BCUT2D eigenvalue weighted by atomic mass is 32.2. The van der Waals surface area contributed by atoms with Crippen molar-refractivity contribution < 1.29 is 17.6 Å². The van der Waals surface area contributed by atoms with E-state index >= 15 is 0 Å². The Labute approximate surface area is 176 Å². The smallest absolute Gasteiger partial charge is 0.408 e. The van der Waals surface area contributed by atoms with Gasteiger partial charge in [-0.25, -0.2) is 22.7 Å². The van der Waals surface area contributed by atoms with Gasteiger partial charge < -0.3 is 15.1 Å². The molecule has 0 unspecified atom stereocenters. The quantitative estimate of drug-likeness (QED) is 0.640. The molecule has 2 amide bonds. The number of urea groups is 1. The summed E-state index contributed by atoms with van der Waals surface area (Å²) in [5, 5.41) is 5.24. The Morgan fingerprint density at radius 1 is 1.10 bits per heavy atom. The van der Waals surface area contributed by atoms with Crippen molar-refractivity contribution in [1.82, 2.24) is 14.6 Å². The van der Waals surface area contributed by atoms with Gasteiger partial charge in [-0.05, 0) is 65.5 Å². The van der Waals surface area contributed by atoms with Crippen LogP contribution in [0.2, 0.25) is 0 Å². The van der Waals surface area contributed by atoms with Crippen molar-refractivity contribution >= 4 is 32.8 Å². The maximum absolute atomic E-state index is 12.4. The van der Waals surface area contributed by atoms with Crippen LogP contribution in [0.25, 0.3) is 11.1 Å². The number of hydrogen-bond acceptors (Lipinski definition) is 5. The highest BCUT2D eigenvalue weighted by Crippen LogP contribution is 2.22. The first-order chi connectivity index (χ1) is 14.1. The van der Waals surface area contributed by atoms with E-state index in [2.05, 4.69) is 15.4 Å². The molecule has 0 atom stereocenters. The van der Waals surface area contributed by atoms with E-state index in [1.165, 1.54) is 0 Å². The molecule has 166 valence electrons. The third-order valence-electron chi connectivity index (χ3n) is 5.40. The van der Waals surface area contributed by atoms with E-state index in [1.54, 1.807) is 36.6 Å². The molecular weight excluding hydrogens is 408 g/mol. The van der Waals surface area contributed by atoms with E-state index in [0.717, 1.165) is 0 Å². The molecule has 30 heavy (non-hydrogen) atoms. The van der Waals surface area contributed by atoms with Crippen LogP contribution in [0, 0.1) is 0 Å². The van der Waals surface area contributed by atoms with Crippen molar-refractivity contribution in [2.75, 3.05) is 5.32 Å². The largest absolute Gasteiger partial charge is 0.420 e. The van der Waals surface area contributed by atoms with Gasteiger partial charge in [-0.1, -0.05) is 0 Å². The van der Waals surface area contributed by atoms with Gasteiger partial charge in [-0.15, -0.1) is 0 Å². The number of benzene rings is 1. The number of fused-ring (bicyclic) bond motifs is 1. The van der Waals surface area contributed by atoms with E-state index in [-0.39, 0.29) is 24.2 Å². The highest BCUT2D eigenvalue weighted by molar-refractivity contribution is 7.90. The minimum atomic E-state index is -3.29. The summed E-state index contributed by atoms with van der Waals surface area (Å²) in [6, 6.07) is 4.64. The summed E-state index contributed by atoms with van der Waals surface area (Å²) in [6.45, 7) is 7.11. The summed E-state index contributed by atoms with van der Waals surface area (Å²) in [6.07, 6.45) is 2.75. The van der Waals surface area contributed by atoms with Crippen LogP contribution < -0.4 is 21.1 Å². The van der Waals surface area contributed by atoms with Gasteiger partial charge in [0, 0.05) is 29.9 Å². The van der Waals surface area contributed by atoms with Gasteiger partial charge >= 0.3 is 11.8 Å². The predicted octanol–water partition coefficient (Wildman–Crippen LogP) is 2.94. The van der Waals surface area contributed by atoms with Gasteiger partial charge in [0.1, 0.15) is 0 Å². The molecule has 3 rings (SSSR count). The number of rotatable bonds is 6. The molecule has 0 spiro atoms. The summed E-state index contributed by atoms with van der Waals surface area (Å²) in [5.74, 6) is -0.425. The normalized spacial score (nSPS) is 20.1. The average Bonchev–Trinajstić information content (AvgIpc) is 2.98. The Morgan fingerprint density at radius 3 is 2.33 bits per heavy atom. The van der Waals surface area contributed by atoms with Gasteiger partial charge in [-0.3, -0.25) is 4.57 Å². The molecule has 2 aromatic rings. The van der Waals surface area contributed by atoms with Gasteiger partial charge in [0.25, 0.3) is 0 Å². The molecule has 1 aliphatic rings. The van der Waals surface area contributed by atoms with Crippen molar-refractivity contribution in [2.24, 2.45) is 0 Å². The number of carbonyl (C=O) groups is 1. The summed E-state index contributed by atoms with van der Waals surface area (Å²) in [5.41, 5.74) is 1.63. The first-order valence-electron chi connectivity index (χ1n) is 10.3. The maximum Gasteiger partial charge on any atom is 0.420 e. The first kappa shape index (κ1) is 22.4. The Kier molecular flexibility index (Phi) is 6.56. The molecule has 9 nitrogen and oxygen atoms in total. The van der Waals surface area contributed by atoms with Crippen molar-refractivity contribution in [2.45, 2.75) is 76.8 Å². The molecule has 0 aliphatic heterocycles. The number of aromatic nitrogens is 1. The second-order valence-electron chi connectivity index (χ2n) is 8.37. The summed E-state index contributed by atoms with van der Waals surface area (Å²) >= 11 is 0. The lowest BCUT2D eigenvalue weighted by Gasteiger charge is -2.30. The fraction of sp³-hybridized carbons (Fsp3) is 0.600. The zero-order valence-corrected chi connectivity index (χ0v) is 18.6. The van der Waals surface area contributed by atoms with Crippen LogP contribution in [-0.4, -0.2) is 36.3 Å². The molecule has 0 radical (unpaired) electrons. The van der Waals surface area contributed by atoms with E-state index in [1.807, 2.05) is 13.8 Å². The highest BCUT2D eigenvalue weighted by Gasteiger charge is 2.27. The third kappa shape index (κ3) is 5.04.